The zero-order valence-corrected chi connectivity index (χ0v) is 37.6. The third-order valence-electron chi connectivity index (χ3n) is 8.04. The molecule has 254 valence electrons. The number of hydrogen-bond donors (Lipinski definition) is 1. The summed E-state index contributed by atoms with van der Waals surface area (Å²) in [4.78, 5) is 45.6. The van der Waals surface area contributed by atoms with E-state index in [-0.39, 0.29) is 122 Å². The van der Waals surface area contributed by atoms with Crippen LogP contribution < -0.4 is 119 Å². The Morgan fingerprint density at radius 2 is 1.40 bits per heavy atom. The summed E-state index contributed by atoms with van der Waals surface area (Å²) in [5, 5.41) is 16.9. The molecule has 1 saturated carbocycles. The normalized spacial score (nSPS) is 16.9. The van der Waals surface area contributed by atoms with Gasteiger partial charge in [-0.25, -0.2) is 9.97 Å². The molecule has 0 bridgehead atoms. The third-order valence-corrected chi connectivity index (χ3v) is 9.03. The molecular formula is C32H30Br2K2N4O9S. The second kappa shape index (κ2) is 21.8. The van der Waals surface area contributed by atoms with Crippen molar-refractivity contribution in [1.82, 2.24) is 19.1 Å². The summed E-state index contributed by atoms with van der Waals surface area (Å²) in [5.41, 5.74) is 3.10. The van der Waals surface area contributed by atoms with Crippen molar-refractivity contribution in [2.24, 2.45) is 5.92 Å². The van der Waals surface area contributed by atoms with Crippen molar-refractivity contribution in [3.63, 3.8) is 0 Å². The van der Waals surface area contributed by atoms with Gasteiger partial charge in [-0.15, -0.1) is 12.6 Å². The first-order valence-corrected chi connectivity index (χ1v) is 17.1. The number of aromatic nitrogens is 4. The predicted octanol–water partition coefficient (Wildman–Crippen LogP) is -2.68. The largest absolute Gasteiger partial charge is 1.00 e. The molecule has 2 aliphatic heterocycles. The Hall–Kier alpha value is -0.817. The average Bonchev–Trinajstić information content (AvgIpc) is 3.77. The van der Waals surface area contributed by atoms with Gasteiger partial charge in [-0.3, -0.25) is 23.5 Å². The molecule has 3 aromatic carbocycles. The molecule has 5 aromatic rings. The first kappa shape index (κ1) is 45.3. The molecule has 3 aliphatic rings. The Kier molecular flexibility index (Phi) is 19.7. The number of aliphatic hydroxyl groups excluding tert-OH is 1. The van der Waals surface area contributed by atoms with Crippen LogP contribution >= 0.6 is 31.9 Å². The molecule has 3 unspecified atom stereocenters. The van der Waals surface area contributed by atoms with Gasteiger partial charge in [0.2, 0.25) is 0 Å². The maximum atomic E-state index is 12.8. The molecule has 0 amide bonds. The van der Waals surface area contributed by atoms with Gasteiger partial charge in [0.15, 0.2) is 0 Å². The molecule has 0 radical (unpaired) electrons. The first-order chi connectivity index (χ1) is 23.1. The van der Waals surface area contributed by atoms with Gasteiger partial charge in [0, 0.05) is 47.4 Å². The Bertz CT molecular complexity index is 2170. The SMILES string of the molecule is CO.O=CO[O-].O=S(=O)=O.O=c1c2ccc(Br)cc2nc2n1CC(c1ccccc1)CC2.O=c1c2ccc(Br)cc2nc2n1CC1CC21.[H-].[K+].[K+]. The zero-order chi connectivity index (χ0) is 35.0. The topological polar surface area (TPSA) is 191 Å². The fourth-order valence-corrected chi connectivity index (χ4v) is 6.60. The number of rotatable bonds is 2. The van der Waals surface area contributed by atoms with Crippen molar-refractivity contribution in [3.8, 4) is 0 Å². The average molecular weight is 885 g/mol. The molecule has 0 spiro atoms. The van der Waals surface area contributed by atoms with E-state index in [4.69, 9.17) is 32.8 Å². The number of carbonyl (C=O) groups is 1. The van der Waals surface area contributed by atoms with Crippen LogP contribution in [0, 0.1) is 5.92 Å². The molecule has 13 nitrogen and oxygen atoms in total. The van der Waals surface area contributed by atoms with Crippen molar-refractivity contribution >= 4 is 70.7 Å². The van der Waals surface area contributed by atoms with E-state index >= 15 is 0 Å². The van der Waals surface area contributed by atoms with E-state index in [0.717, 1.165) is 70.1 Å². The van der Waals surface area contributed by atoms with Crippen LogP contribution in [0.2, 0.25) is 0 Å². The predicted molar refractivity (Wildman–Crippen MR) is 182 cm³/mol. The zero-order valence-electron chi connectivity index (χ0n) is 28.4. The van der Waals surface area contributed by atoms with Gasteiger partial charge in [0.25, 0.3) is 17.6 Å². The van der Waals surface area contributed by atoms with Crippen molar-refractivity contribution in [2.45, 2.75) is 44.2 Å². The van der Waals surface area contributed by atoms with Gasteiger partial charge in [-0.1, -0.05) is 62.2 Å². The Morgan fingerprint density at radius 1 is 0.880 bits per heavy atom. The number of halogens is 2. The summed E-state index contributed by atoms with van der Waals surface area (Å²) in [5.74, 6) is 3.53. The van der Waals surface area contributed by atoms with Crippen molar-refractivity contribution in [2.75, 3.05) is 7.11 Å². The van der Waals surface area contributed by atoms with Crippen molar-refractivity contribution in [1.29, 1.82) is 0 Å². The smallest absolute Gasteiger partial charge is 1.00 e. The molecule has 1 fully saturated rings. The Balaban J connectivity index is 0.000000396. The van der Waals surface area contributed by atoms with Crippen LogP contribution in [0.5, 0.6) is 0 Å². The van der Waals surface area contributed by atoms with Crippen LogP contribution in [0.1, 0.15) is 43.3 Å². The molecule has 4 heterocycles. The second-order valence-corrected chi connectivity index (χ2v) is 13.0. The number of aryl methyl sites for hydroxylation is 1. The molecule has 8 rings (SSSR count). The molecule has 1 N–H and O–H groups in total. The quantitative estimate of drug-likeness (QED) is 0.0843. The first-order valence-electron chi connectivity index (χ1n) is 14.5. The number of nitrogens with zero attached hydrogens (tertiary/aromatic N) is 4. The standard InChI is InChI=1S/C18H15BrN2O.C12H9BrN2O.CH2O3.CH4O.2K.O3S.H/c19-14-7-8-15-16(10-14)20-17-9-6-13(11-21(17)18(15)22)12-4-2-1-3-5-12;13-7-1-2-8-10(4-7)14-11-9-3-6(9)5-15(11)12(8)16;2-1-4-3;1-2;;;1-4(2)3;/h1-5,7-8,10,13H,6,9,11H2;1-2,4,6,9H,3,5H2;1,3H;2H,1H3;;;;/q;;;;2*+1;;-1/p-1. The fraction of sp³-hybridized carbons (Fsp3) is 0.281. The van der Waals surface area contributed by atoms with Crippen LogP contribution in [0.4, 0.5) is 0 Å². The minimum Gasteiger partial charge on any atom is -1.00 e. The monoisotopic (exact) mass is 882 g/mol. The van der Waals surface area contributed by atoms with Gasteiger partial charge >= 0.3 is 113 Å². The van der Waals surface area contributed by atoms with Gasteiger partial charge in [0.05, 0.1) is 21.8 Å². The minimum atomic E-state index is -3.11. The number of carbonyl (C=O) groups excluding carboxylic acids is 1. The summed E-state index contributed by atoms with van der Waals surface area (Å²) in [7, 11) is -2.11. The van der Waals surface area contributed by atoms with Crippen molar-refractivity contribution in [3.05, 3.63) is 114 Å². The van der Waals surface area contributed by atoms with Gasteiger partial charge < -0.3 is 16.7 Å². The molecule has 3 atom stereocenters. The Labute approximate surface area is 391 Å². The van der Waals surface area contributed by atoms with E-state index < -0.39 is 10.6 Å². The molecule has 2 aromatic heterocycles. The number of fused-ring (bicyclic) bond motifs is 6. The minimum absolute atomic E-state index is 0. The molecular weight excluding hydrogens is 854 g/mol. The molecule has 50 heavy (non-hydrogen) atoms. The fourth-order valence-electron chi connectivity index (χ4n) is 5.90. The summed E-state index contributed by atoms with van der Waals surface area (Å²) in [6, 6.07) is 21.8. The number of benzene rings is 3. The third kappa shape index (κ3) is 11.6. The summed E-state index contributed by atoms with van der Waals surface area (Å²) >= 11 is 6.86. The molecule has 1 aliphatic carbocycles. The molecule has 0 saturated heterocycles. The number of hydrogen-bond acceptors (Lipinski definition) is 11. The van der Waals surface area contributed by atoms with E-state index in [0.29, 0.717) is 23.1 Å². The van der Waals surface area contributed by atoms with E-state index in [1.807, 2.05) is 51.6 Å². The van der Waals surface area contributed by atoms with Gasteiger partial charge in [0.1, 0.15) is 11.6 Å². The van der Waals surface area contributed by atoms with E-state index in [1.165, 1.54) is 12.0 Å². The summed E-state index contributed by atoms with van der Waals surface area (Å²) in [6.07, 6.45) is 3.10. The summed E-state index contributed by atoms with van der Waals surface area (Å²) in [6.45, 7) is 1.41. The maximum absolute atomic E-state index is 12.8. The van der Waals surface area contributed by atoms with Crippen LogP contribution in [0.3, 0.4) is 0 Å². The van der Waals surface area contributed by atoms with E-state index in [1.54, 1.807) is 0 Å². The van der Waals surface area contributed by atoms with E-state index in [9.17, 15) is 9.59 Å². The molecule has 18 heteroatoms. The van der Waals surface area contributed by atoms with Gasteiger partial charge in [-0.2, -0.15) is 0 Å². The van der Waals surface area contributed by atoms with Crippen LogP contribution in [-0.2, 0) is 39.8 Å². The number of aliphatic hydroxyl groups is 1. The van der Waals surface area contributed by atoms with Crippen molar-refractivity contribution < 1.29 is 137 Å². The van der Waals surface area contributed by atoms with Crippen LogP contribution in [0.15, 0.2) is 85.3 Å². The maximum Gasteiger partial charge on any atom is 1.00 e. The summed E-state index contributed by atoms with van der Waals surface area (Å²) < 4.78 is 31.0. The van der Waals surface area contributed by atoms with E-state index in [2.05, 4.69) is 66.0 Å². The van der Waals surface area contributed by atoms with Crippen LogP contribution in [0.25, 0.3) is 21.8 Å². The Morgan fingerprint density at radius 3 is 1.94 bits per heavy atom. The van der Waals surface area contributed by atoms with Crippen LogP contribution in [-0.4, -0.2) is 50.4 Å². The second-order valence-electron chi connectivity index (χ2n) is 10.8. The van der Waals surface area contributed by atoms with Gasteiger partial charge in [-0.05, 0) is 60.7 Å².